The second-order valence-corrected chi connectivity index (χ2v) is 18.2. The van der Waals surface area contributed by atoms with Crippen molar-refractivity contribution in [2.75, 3.05) is 9.80 Å². The summed E-state index contributed by atoms with van der Waals surface area (Å²) in [6.45, 7) is 4.91. The fourth-order valence-electron chi connectivity index (χ4n) is 7.88. The van der Waals surface area contributed by atoms with E-state index in [4.69, 9.17) is 14.7 Å². The standard InChI is InChI=1S/C46H34N4OSi/c1-52(2)43-21-11-7-17-39(43)50(40-18-8-12-22-44(40)52)34-27-23-31(24-28-34)45-35-13-3-4-14-36(35)47-46(48-45)32-25-29-33(30-26-32)49-37-15-5-9-19-41(37)51-42-20-10-6-16-38(42)49/h3-30H,1-2H3. The first kappa shape index (κ1) is 30.3. The number of aromatic nitrogens is 2. The van der Waals surface area contributed by atoms with E-state index >= 15 is 0 Å². The fourth-order valence-corrected chi connectivity index (χ4v) is 10.9. The van der Waals surface area contributed by atoms with Crippen molar-refractivity contribution in [1.29, 1.82) is 0 Å². The molecular weight excluding hydrogens is 653 g/mol. The molecule has 8 aromatic rings. The van der Waals surface area contributed by atoms with Crippen LogP contribution in [0.5, 0.6) is 11.5 Å². The average Bonchev–Trinajstić information content (AvgIpc) is 3.20. The van der Waals surface area contributed by atoms with E-state index < -0.39 is 8.07 Å². The summed E-state index contributed by atoms with van der Waals surface area (Å²) in [4.78, 5) is 15.0. The van der Waals surface area contributed by atoms with E-state index in [0.717, 1.165) is 62.0 Å². The highest BCUT2D eigenvalue weighted by Gasteiger charge is 2.38. The molecule has 0 spiro atoms. The molecule has 2 aliphatic heterocycles. The van der Waals surface area contributed by atoms with Crippen LogP contribution in [0, 0.1) is 0 Å². The third kappa shape index (κ3) is 4.76. The van der Waals surface area contributed by atoms with E-state index in [0.29, 0.717) is 5.82 Å². The molecule has 1 aromatic heterocycles. The van der Waals surface area contributed by atoms with Crippen LogP contribution in [0.2, 0.25) is 13.1 Å². The fraction of sp³-hybridized carbons (Fsp3) is 0.0435. The van der Waals surface area contributed by atoms with Crippen LogP contribution >= 0.6 is 0 Å². The maximum Gasteiger partial charge on any atom is 0.160 e. The predicted molar refractivity (Wildman–Crippen MR) is 217 cm³/mol. The Morgan fingerprint density at radius 2 is 0.904 bits per heavy atom. The van der Waals surface area contributed by atoms with Gasteiger partial charge < -0.3 is 14.5 Å². The first-order chi connectivity index (χ1) is 25.5. The van der Waals surface area contributed by atoms with Crippen LogP contribution in [0.25, 0.3) is 33.5 Å². The molecule has 0 saturated carbocycles. The highest BCUT2D eigenvalue weighted by molar-refractivity contribution is 7.02. The Bertz CT molecular complexity index is 2560. The lowest BCUT2D eigenvalue weighted by Gasteiger charge is -2.41. The molecule has 7 aromatic carbocycles. The molecule has 52 heavy (non-hydrogen) atoms. The quantitative estimate of drug-likeness (QED) is 0.172. The Kier molecular flexibility index (Phi) is 6.88. The van der Waals surface area contributed by atoms with Gasteiger partial charge in [0, 0.05) is 39.3 Å². The maximum atomic E-state index is 6.24. The van der Waals surface area contributed by atoms with E-state index in [2.05, 4.69) is 150 Å². The van der Waals surface area contributed by atoms with Gasteiger partial charge in [0.05, 0.1) is 22.6 Å². The summed E-state index contributed by atoms with van der Waals surface area (Å²) < 4.78 is 6.24. The number of nitrogens with zero attached hydrogens (tertiary/aromatic N) is 4. The topological polar surface area (TPSA) is 41.5 Å². The molecule has 0 atom stereocenters. The number of ether oxygens (including phenoxy) is 1. The first-order valence-corrected chi connectivity index (χ1v) is 20.7. The first-order valence-electron chi connectivity index (χ1n) is 17.7. The Hall–Kier alpha value is -6.50. The molecule has 0 amide bonds. The van der Waals surface area contributed by atoms with Crippen molar-refractivity contribution in [2.45, 2.75) is 13.1 Å². The Labute approximate surface area is 304 Å². The van der Waals surface area contributed by atoms with Crippen molar-refractivity contribution in [3.63, 3.8) is 0 Å². The molecule has 2 aliphatic rings. The van der Waals surface area contributed by atoms with Crippen molar-refractivity contribution in [3.05, 3.63) is 170 Å². The SMILES string of the molecule is C[Si]1(C)c2ccccc2N(c2ccc(-c3nc(-c4ccc(N5c6ccccc6Oc6ccccc65)cc4)nc4ccccc34)cc2)c2ccccc21. The van der Waals surface area contributed by atoms with Gasteiger partial charge in [-0.3, -0.25) is 0 Å². The predicted octanol–water partition coefficient (Wildman–Crippen LogP) is 11.1. The number of para-hydroxylation sites is 7. The van der Waals surface area contributed by atoms with Gasteiger partial charge in [-0.2, -0.15) is 0 Å². The summed E-state index contributed by atoms with van der Waals surface area (Å²) in [5.74, 6) is 2.36. The number of hydrogen-bond acceptors (Lipinski definition) is 5. The van der Waals surface area contributed by atoms with E-state index in [1.807, 2.05) is 42.5 Å². The van der Waals surface area contributed by atoms with Gasteiger partial charge in [-0.05, 0) is 89.2 Å². The molecule has 5 nitrogen and oxygen atoms in total. The van der Waals surface area contributed by atoms with Crippen molar-refractivity contribution in [3.8, 4) is 34.1 Å². The van der Waals surface area contributed by atoms with Crippen LogP contribution in [0.1, 0.15) is 0 Å². The third-order valence-electron chi connectivity index (χ3n) is 10.5. The van der Waals surface area contributed by atoms with Crippen LogP contribution in [-0.4, -0.2) is 18.0 Å². The number of hydrogen-bond donors (Lipinski definition) is 0. The molecule has 0 fully saturated rings. The van der Waals surface area contributed by atoms with Gasteiger partial charge in [0.1, 0.15) is 8.07 Å². The molecule has 0 radical (unpaired) electrons. The van der Waals surface area contributed by atoms with Crippen molar-refractivity contribution >= 4 is 63.5 Å². The highest BCUT2D eigenvalue weighted by atomic mass is 28.3. The molecular formula is C46H34N4OSi. The average molecular weight is 687 g/mol. The van der Waals surface area contributed by atoms with Gasteiger partial charge in [0.15, 0.2) is 17.3 Å². The molecule has 0 N–H and O–H groups in total. The minimum Gasteiger partial charge on any atom is -0.453 e. The van der Waals surface area contributed by atoms with Crippen molar-refractivity contribution in [1.82, 2.24) is 9.97 Å². The normalized spacial score (nSPS) is 13.8. The zero-order chi connectivity index (χ0) is 34.8. The van der Waals surface area contributed by atoms with E-state index in [1.165, 1.54) is 21.7 Å². The smallest absolute Gasteiger partial charge is 0.160 e. The summed E-state index contributed by atoms with van der Waals surface area (Å²) in [5, 5.41) is 3.94. The largest absolute Gasteiger partial charge is 0.453 e. The van der Waals surface area contributed by atoms with Gasteiger partial charge >= 0.3 is 0 Å². The van der Waals surface area contributed by atoms with Gasteiger partial charge in [0.25, 0.3) is 0 Å². The lowest BCUT2D eigenvalue weighted by Crippen LogP contribution is -2.58. The molecule has 248 valence electrons. The number of fused-ring (bicyclic) bond motifs is 5. The summed E-state index contributed by atoms with van der Waals surface area (Å²) in [6, 6.07) is 59.8. The second kappa shape index (κ2) is 11.8. The lowest BCUT2D eigenvalue weighted by atomic mass is 10.0. The van der Waals surface area contributed by atoms with Crippen molar-refractivity contribution < 1.29 is 4.74 Å². The number of anilines is 6. The van der Waals surface area contributed by atoms with Crippen LogP contribution in [0.4, 0.5) is 34.1 Å². The molecule has 0 unspecified atom stereocenters. The van der Waals surface area contributed by atoms with Crippen LogP contribution in [0.15, 0.2) is 170 Å². The van der Waals surface area contributed by atoms with Gasteiger partial charge in [-0.15, -0.1) is 0 Å². The highest BCUT2D eigenvalue weighted by Crippen LogP contribution is 2.50. The third-order valence-corrected chi connectivity index (χ3v) is 14.0. The summed E-state index contributed by atoms with van der Waals surface area (Å²) in [5.41, 5.74) is 10.6. The van der Waals surface area contributed by atoms with Crippen LogP contribution < -0.4 is 24.9 Å². The van der Waals surface area contributed by atoms with Crippen LogP contribution in [0.3, 0.4) is 0 Å². The second-order valence-electron chi connectivity index (χ2n) is 13.9. The molecule has 6 heteroatoms. The molecule has 0 bridgehead atoms. The zero-order valence-corrected chi connectivity index (χ0v) is 29.9. The summed E-state index contributed by atoms with van der Waals surface area (Å²) in [6.07, 6.45) is 0. The molecule has 0 saturated heterocycles. The Morgan fingerprint density at radius 1 is 0.442 bits per heavy atom. The lowest BCUT2D eigenvalue weighted by molar-refractivity contribution is 0.477. The molecule has 0 aliphatic carbocycles. The minimum absolute atomic E-state index is 0.693. The number of benzene rings is 7. The Morgan fingerprint density at radius 3 is 1.50 bits per heavy atom. The van der Waals surface area contributed by atoms with Crippen molar-refractivity contribution in [2.24, 2.45) is 0 Å². The maximum absolute atomic E-state index is 6.24. The van der Waals surface area contributed by atoms with E-state index in [1.54, 1.807) is 0 Å². The molecule has 3 heterocycles. The Balaban J connectivity index is 1.04. The molecule has 10 rings (SSSR count). The van der Waals surface area contributed by atoms with E-state index in [9.17, 15) is 0 Å². The summed E-state index contributed by atoms with van der Waals surface area (Å²) in [7, 11) is -1.85. The van der Waals surface area contributed by atoms with Crippen LogP contribution in [-0.2, 0) is 0 Å². The van der Waals surface area contributed by atoms with Gasteiger partial charge in [-0.1, -0.05) is 104 Å². The summed E-state index contributed by atoms with van der Waals surface area (Å²) >= 11 is 0. The number of rotatable bonds is 4. The van der Waals surface area contributed by atoms with Gasteiger partial charge in [0.2, 0.25) is 0 Å². The zero-order valence-electron chi connectivity index (χ0n) is 28.9. The van der Waals surface area contributed by atoms with E-state index in [-0.39, 0.29) is 0 Å². The monoisotopic (exact) mass is 686 g/mol. The van der Waals surface area contributed by atoms with Gasteiger partial charge in [-0.25, -0.2) is 9.97 Å². The minimum atomic E-state index is -1.85.